The first kappa shape index (κ1) is 24.9. The Hall–Kier alpha value is -3.70. The summed E-state index contributed by atoms with van der Waals surface area (Å²) < 4.78 is 54.3. The molecule has 0 radical (unpaired) electrons. The topological polar surface area (TPSA) is 118 Å². The average Bonchev–Trinajstić information content (AvgIpc) is 2.78. The van der Waals surface area contributed by atoms with E-state index in [1.165, 1.54) is 36.4 Å². The molecule has 3 rings (SSSR count). The second-order valence-corrected chi connectivity index (χ2v) is 9.17. The van der Waals surface area contributed by atoms with Crippen molar-refractivity contribution in [1.82, 2.24) is 10.0 Å². The van der Waals surface area contributed by atoms with Gasteiger partial charge in [-0.15, -0.1) is 0 Å². The summed E-state index contributed by atoms with van der Waals surface area (Å²) in [6.45, 7) is -0.235. The number of nitro benzene ring substituents is 1. The lowest BCUT2D eigenvalue weighted by molar-refractivity contribution is -0.384. The van der Waals surface area contributed by atoms with Crippen molar-refractivity contribution >= 4 is 21.6 Å². The van der Waals surface area contributed by atoms with Gasteiger partial charge >= 0.3 is 0 Å². The van der Waals surface area contributed by atoms with Crippen LogP contribution in [0.15, 0.2) is 77.7 Å². The number of nitro groups is 1. The number of carbonyl (C=O) groups is 1. The molecule has 0 heterocycles. The quantitative estimate of drug-likeness (QED) is 0.333. The van der Waals surface area contributed by atoms with Crippen molar-refractivity contribution in [2.75, 3.05) is 6.54 Å². The number of hydrogen-bond donors (Lipinski definition) is 2. The van der Waals surface area contributed by atoms with Gasteiger partial charge < -0.3 is 5.32 Å². The molecule has 1 atom stereocenters. The molecule has 2 N–H and O–H groups in total. The Morgan fingerprint density at radius 3 is 2.24 bits per heavy atom. The number of hydrogen-bond acceptors (Lipinski definition) is 5. The van der Waals surface area contributed by atoms with E-state index < -0.39 is 38.5 Å². The summed E-state index contributed by atoms with van der Waals surface area (Å²) in [6.07, 6.45) is -0.0251. The van der Waals surface area contributed by atoms with Crippen LogP contribution in [0.1, 0.15) is 23.6 Å². The number of amides is 1. The Labute approximate surface area is 194 Å². The number of nitrogens with zero attached hydrogens (tertiary/aromatic N) is 1. The fraction of sp³-hybridized carbons (Fsp3) is 0.174. The monoisotopic (exact) mass is 489 g/mol. The standard InChI is InChI=1S/C23H21F2N3O5S/c24-18-5-1-3-16(13-18)14-22(17-4-2-6-19(25)15-17)27-23(29)11-12-26-34(32,33)21-9-7-20(8-10-21)28(30)31/h1-10,13,15,22,26H,11-12,14H2,(H,27,29). The molecule has 0 aromatic heterocycles. The van der Waals surface area contributed by atoms with Crippen LogP contribution in [-0.2, 0) is 21.2 Å². The highest BCUT2D eigenvalue weighted by Gasteiger charge is 2.19. The molecule has 8 nitrogen and oxygen atoms in total. The van der Waals surface area contributed by atoms with Crippen LogP contribution >= 0.6 is 0 Å². The summed E-state index contributed by atoms with van der Waals surface area (Å²) in [7, 11) is -3.98. The van der Waals surface area contributed by atoms with Gasteiger partial charge in [0, 0.05) is 25.1 Å². The molecule has 178 valence electrons. The smallest absolute Gasteiger partial charge is 0.269 e. The molecule has 34 heavy (non-hydrogen) atoms. The highest BCUT2D eigenvalue weighted by molar-refractivity contribution is 7.89. The van der Waals surface area contributed by atoms with E-state index in [9.17, 15) is 32.1 Å². The summed E-state index contributed by atoms with van der Waals surface area (Å²) in [5.74, 6) is -1.44. The van der Waals surface area contributed by atoms with Gasteiger partial charge in [-0.25, -0.2) is 21.9 Å². The summed E-state index contributed by atoms with van der Waals surface area (Å²) >= 11 is 0. The molecule has 0 aliphatic heterocycles. The maximum Gasteiger partial charge on any atom is 0.269 e. The molecule has 0 saturated heterocycles. The zero-order valence-electron chi connectivity index (χ0n) is 17.8. The molecule has 0 spiro atoms. The van der Waals surface area contributed by atoms with E-state index in [0.29, 0.717) is 11.1 Å². The molecule has 0 aliphatic rings. The molecule has 3 aromatic carbocycles. The van der Waals surface area contributed by atoms with Gasteiger partial charge in [0.25, 0.3) is 5.69 Å². The van der Waals surface area contributed by atoms with Crippen molar-refractivity contribution in [1.29, 1.82) is 0 Å². The lowest BCUT2D eigenvalue weighted by atomic mass is 9.98. The van der Waals surface area contributed by atoms with E-state index >= 15 is 0 Å². The van der Waals surface area contributed by atoms with Crippen molar-refractivity contribution in [3.63, 3.8) is 0 Å². The molecule has 0 bridgehead atoms. The SMILES string of the molecule is O=C(CCNS(=O)(=O)c1ccc([N+](=O)[O-])cc1)NC(Cc1cccc(F)c1)c1cccc(F)c1. The van der Waals surface area contributed by atoms with Crippen LogP contribution in [0.4, 0.5) is 14.5 Å². The number of sulfonamides is 1. The van der Waals surface area contributed by atoms with Crippen LogP contribution < -0.4 is 10.0 Å². The van der Waals surface area contributed by atoms with Crippen LogP contribution in [0.5, 0.6) is 0 Å². The predicted molar refractivity (Wildman–Crippen MR) is 120 cm³/mol. The maximum atomic E-state index is 13.7. The second-order valence-electron chi connectivity index (χ2n) is 7.41. The van der Waals surface area contributed by atoms with Gasteiger partial charge in [0.1, 0.15) is 11.6 Å². The number of carbonyl (C=O) groups excluding carboxylic acids is 1. The summed E-state index contributed by atoms with van der Waals surface area (Å²) in [5.41, 5.74) is 0.817. The van der Waals surface area contributed by atoms with Crippen LogP contribution in [0.3, 0.4) is 0 Å². The van der Waals surface area contributed by atoms with Crippen molar-refractivity contribution < 1.29 is 26.9 Å². The van der Waals surface area contributed by atoms with E-state index in [2.05, 4.69) is 10.0 Å². The lowest BCUT2D eigenvalue weighted by Crippen LogP contribution is -2.33. The van der Waals surface area contributed by atoms with Crippen molar-refractivity contribution in [3.8, 4) is 0 Å². The largest absolute Gasteiger partial charge is 0.349 e. The van der Waals surface area contributed by atoms with Crippen LogP contribution in [0.2, 0.25) is 0 Å². The second kappa shape index (κ2) is 10.9. The lowest BCUT2D eigenvalue weighted by Gasteiger charge is -2.20. The van der Waals surface area contributed by atoms with Gasteiger partial charge in [0.2, 0.25) is 15.9 Å². The van der Waals surface area contributed by atoms with E-state index in [4.69, 9.17) is 0 Å². The molecule has 3 aromatic rings. The Morgan fingerprint density at radius 2 is 1.62 bits per heavy atom. The van der Waals surface area contributed by atoms with Crippen molar-refractivity contribution in [2.24, 2.45) is 0 Å². The molecular formula is C23H21F2N3O5S. The minimum absolute atomic E-state index is 0.178. The first-order valence-electron chi connectivity index (χ1n) is 10.2. The predicted octanol–water partition coefficient (Wildman–Crippen LogP) is 3.64. The molecule has 0 aliphatic carbocycles. The molecule has 1 amide bonds. The third-order valence-corrected chi connectivity index (χ3v) is 6.39. The third-order valence-electron chi connectivity index (χ3n) is 4.92. The van der Waals surface area contributed by atoms with Gasteiger partial charge in [-0.1, -0.05) is 24.3 Å². The molecule has 11 heteroatoms. The Kier molecular flexibility index (Phi) is 8.03. The van der Waals surface area contributed by atoms with Crippen molar-refractivity contribution in [2.45, 2.75) is 23.8 Å². The zero-order valence-corrected chi connectivity index (χ0v) is 18.6. The maximum absolute atomic E-state index is 13.7. The molecule has 1 unspecified atom stereocenters. The van der Waals surface area contributed by atoms with Gasteiger partial charge in [-0.3, -0.25) is 14.9 Å². The van der Waals surface area contributed by atoms with E-state index in [-0.39, 0.29) is 30.0 Å². The van der Waals surface area contributed by atoms with Gasteiger partial charge in [0.15, 0.2) is 0 Å². The summed E-state index contributed by atoms with van der Waals surface area (Å²) in [6, 6.07) is 15.1. The summed E-state index contributed by atoms with van der Waals surface area (Å²) in [4.78, 5) is 22.4. The van der Waals surface area contributed by atoms with Crippen LogP contribution in [-0.4, -0.2) is 25.8 Å². The first-order chi connectivity index (χ1) is 16.1. The fourth-order valence-corrected chi connectivity index (χ4v) is 4.30. The van der Waals surface area contributed by atoms with E-state index in [1.54, 1.807) is 12.1 Å². The summed E-state index contributed by atoms with van der Waals surface area (Å²) in [5, 5.41) is 13.4. The molecule has 0 fully saturated rings. The minimum Gasteiger partial charge on any atom is -0.349 e. The minimum atomic E-state index is -3.98. The number of non-ortho nitro benzene ring substituents is 1. The van der Waals surface area contributed by atoms with Crippen molar-refractivity contribution in [3.05, 3.63) is 106 Å². The fourth-order valence-electron chi connectivity index (χ4n) is 3.27. The Balaban J connectivity index is 1.64. The van der Waals surface area contributed by atoms with E-state index in [0.717, 1.165) is 24.3 Å². The van der Waals surface area contributed by atoms with Crippen LogP contribution in [0, 0.1) is 21.7 Å². The Morgan fingerprint density at radius 1 is 0.971 bits per heavy atom. The normalized spacial score (nSPS) is 12.2. The Bertz CT molecular complexity index is 1280. The number of rotatable bonds is 10. The highest BCUT2D eigenvalue weighted by Crippen LogP contribution is 2.20. The number of nitrogens with one attached hydrogen (secondary N) is 2. The van der Waals surface area contributed by atoms with Gasteiger partial charge in [-0.2, -0.15) is 0 Å². The first-order valence-corrected chi connectivity index (χ1v) is 11.7. The molecule has 0 saturated carbocycles. The number of halogens is 2. The molecular weight excluding hydrogens is 468 g/mol. The number of benzene rings is 3. The average molecular weight is 490 g/mol. The zero-order chi connectivity index (χ0) is 24.7. The highest BCUT2D eigenvalue weighted by atomic mass is 32.2. The van der Waals surface area contributed by atoms with E-state index in [1.807, 2.05) is 0 Å². The third kappa shape index (κ3) is 6.90. The van der Waals surface area contributed by atoms with Gasteiger partial charge in [0.05, 0.1) is 15.9 Å². The van der Waals surface area contributed by atoms with Crippen LogP contribution in [0.25, 0.3) is 0 Å². The van der Waals surface area contributed by atoms with Gasteiger partial charge in [-0.05, 0) is 53.9 Å².